The van der Waals surface area contributed by atoms with Crippen molar-refractivity contribution >= 4 is 37.5 Å². The molecule has 2 aromatic rings. The van der Waals surface area contributed by atoms with E-state index >= 15 is 0 Å². The van der Waals surface area contributed by atoms with E-state index in [0.29, 0.717) is 10.3 Å². The molecule has 118 valence electrons. The number of nitrogens with one attached hydrogen (secondary N) is 2. The zero-order valence-electron chi connectivity index (χ0n) is 11.8. The first-order valence-corrected chi connectivity index (χ1v) is 8.41. The lowest BCUT2D eigenvalue weighted by Gasteiger charge is -2.07. The molecule has 0 atom stereocenters. The second kappa shape index (κ2) is 6.55. The van der Waals surface area contributed by atoms with Crippen LogP contribution in [0.5, 0.6) is 0 Å². The lowest BCUT2D eigenvalue weighted by atomic mass is 10.4. The summed E-state index contributed by atoms with van der Waals surface area (Å²) in [6, 6.07) is 3.29. The Morgan fingerprint density at radius 1 is 1.36 bits per heavy atom. The molecule has 10 heteroatoms. The van der Waals surface area contributed by atoms with E-state index in [1.54, 1.807) is 12.1 Å². The molecule has 0 aliphatic rings. The molecule has 1 amide bonds. The molecule has 2 heterocycles. The molecule has 2 rings (SSSR count). The van der Waals surface area contributed by atoms with Gasteiger partial charge in [-0.3, -0.25) is 4.79 Å². The first kappa shape index (κ1) is 16.6. The van der Waals surface area contributed by atoms with E-state index < -0.39 is 22.5 Å². The van der Waals surface area contributed by atoms with Crippen molar-refractivity contribution in [2.45, 2.75) is 18.7 Å². The largest absolute Gasteiger partial charge is 0.360 e. The third-order valence-corrected chi connectivity index (χ3v) is 4.78. The highest BCUT2D eigenvalue weighted by Crippen LogP contribution is 2.18. The van der Waals surface area contributed by atoms with E-state index in [1.807, 2.05) is 0 Å². The number of aryl methyl sites for hydroxylation is 2. The number of amides is 1. The third-order valence-electron chi connectivity index (χ3n) is 2.67. The number of rotatable bonds is 5. The Morgan fingerprint density at radius 3 is 2.64 bits per heavy atom. The maximum absolute atomic E-state index is 12.1. The highest BCUT2D eigenvalue weighted by atomic mass is 79.9. The summed E-state index contributed by atoms with van der Waals surface area (Å²) in [5.74, 6) is -0.345. The highest BCUT2D eigenvalue weighted by molar-refractivity contribution is 9.10. The van der Waals surface area contributed by atoms with Crippen molar-refractivity contribution in [2.75, 3.05) is 11.9 Å². The topological polar surface area (TPSA) is 114 Å². The number of carbonyl (C=O) groups is 1. The lowest BCUT2D eigenvalue weighted by Crippen LogP contribution is -2.33. The molecule has 0 unspecified atom stereocenters. The van der Waals surface area contributed by atoms with E-state index in [-0.39, 0.29) is 16.3 Å². The van der Waals surface area contributed by atoms with Gasteiger partial charge in [-0.25, -0.2) is 18.1 Å². The van der Waals surface area contributed by atoms with Crippen LogP contribution in [-0.4, -0.2) is 31.0 Å². The standard InChI is InChI=1S/C12H13BrN4O4S/c1-7-12(8(2)21-17-7)22(19,20)15-6-11(18)16-9-3-4-10(13)14-5-9/h3-5,15H,6H2,1-2H3,(H,16,18). The minimum absolute atomic E-state index is 0.0504. The van der Waals surface area contributed by atoms with Gasteiger partial charge in [-0.15, -0.1) is 0 Å². The Balaban J connectivity index is 2.00. The molecule has 2 aromatic heterocycles. The lowest BCUT2D eigenvalue weighted by molar-refractivity contribution is -0.115. The Kier molecular flexibility index (Phi) is 4.94. The van der Waals surface area contributed by atoms with Crippen molar-refractivity contribution in [3.05, 3.63) is 34.4 Å². The maximum Gasteiger partial charge on any atom is 0.246 e. The Labute approximate surface area is 135 Å². The molecule has 0 radical (unpaired) electrons. The van der Waals surface area contributed by atoms with Gasteiger partial charge in [0.2, 0.25) is 15.9 Å². The predicted octanol–water partition coefficient (Wildman–Crippen LogP) is 1.37. The molecule has 22 heavy (non-hydrogen) atoms. The van der Waals surface area contributed by atoms with Gasteiger partial charge in [-0.2, -0.15) is 0 Å². The van der Waals surface area contributed by atoms with Crippen LogP contribution in [0, 0.1) is 13.8 Å². The zero-order chi connectivity index (χ0) is 16.3. The molecule has 0 spiro atoms. The van der Waals surface area contributed by atoms with Crippen LogP contribution in [0.25, 0.3) is 0 Å². The van der Waals surface area contributed by atoms with Crippen LogP contribution >= 0.6 is 15.9 Å². The Hall–Kier alpha value is -1.78. The molecule has 0 saturated carbocycles. The number of nitrogens with zero attached hydrogens (tertiary/aromatic N) is 2. The summed E-state index contributed by atoms with van der Waals surface area (Å²) in [7, 11) is -3.86. The number of anilines is 1. The fourth-order valence-electron chi connectivity index (χ4n) is 1.75. The Morgan fingerprint density at radius 2 is 2.09 bits per heavy atom. The van der Waals surface area contributed by atoms with Crippen LogP contribution < -0.4 is 10.0 Å². The Bertz CT molecular complexity index is 766. The summed E-state index contributed by atoms with van der Waals surface area (Å²) in [5.41, 5.74) is 0.701. The summed E-state index contributed by atoms with van der Waals surface area (Å²) < 4.78 is 31.9. The first-order chi connectivity index (χ1) is 10.3. The molecule has 0 fully saturated rings. The van der Waals surface area contributed by atoms with E-state index in [9.17, 15) is 13.2 Å². The molecule has 8 nitrogen and oxygen atoms in total. The van der Waals surface area contributed by atoms with E-state index in [0.717, 1.165) is 0 Å². The molecular formula is C12H13BrN4O4S. The zero-order valence-corrected chi connectivity index (χ0v) is 14.2. The smallest absolute Gasteiger partial charge is 0.246 e. The van der Waals surface area contributed by atoms with E-state index in [1.165, 1.54) is 20.0 Å². The van der Waals surface area contributed by atoms with Crippen LogP contribution in [0.2, 0.25) is 0 Å². The van der Waals surface area contributed by atoms with Crippen LogP contribution in [0.1, 0.15) is 11.5 Å². The van der Waals surface area contributed by atoms with Crippen LogP contribution in [0.3, 0.4) is 0 Å². The van der Waals surface area contributed by atoms with Gasteiger partial charge in [0.15, 0.2) is 5.76 Å². The summed E-state index contributed by atoms with van der Waals surface area (Å²) in [6.45, 7) is 2.59. The van der Waals surface area contributed by atoms with Gasteiger partial charge in [0.05, 0.1) is 18.4 Å². The minimum Gasteiger partial charge on any atom is -0.360 e. The van der Waals surface area contributed by atoms with Gasteiger partial charge in [-0.1, -0.05) is 5.16 Å². The molecule has 0 aromatic carbocycles. The van der Waals surface area contributed by atoms with Crippen LogP contribution in [0.4, 0.5) is 5.69 Å². The third kappa shape index (κ3) is 3.90. The molecule has 0 aliphatic heterocycles. The number of sulfonamides is 1. The maximum atomic E-state index is 12.1. The van der Waals surface area contributed by atoms with Crippen molar-refractivity contribution in [3.8, 4) is 0 Å². The summed E-state index contributed by atoms with van der Waals surface area (Å²) in [6.07, 6.45) is 1.45. The molecular weight excluding hydrogens is 376 g/mol. The van der Waals surface area contributed by atoms with Gasteiger partial charge >= 0.3 is 0 Å². The predicted molar refractivity (Wildman–Crippen MR) is 81.7 cm³/mol. The van der Waals surface area contributed by atoms with E-state index in [2.05, 4.69) is 36.1 Å². The molecule has 0 bridgehead atoms. The fourth-order valence-corrected chi connectivity index (χ4v) is 3.29. The molecule has 2 N–H and O–H groups in total. The van der Waals surface area contributed by atoms with Gasteiger partial charge in [0, 0.05) is 0 Å². The van der Waals surface area contributed by atoms with Crippen LogP contribution in [-0.2, 0) is 14.8 Å². The quantitative estimate of drug-likeness (QED) is 0.747. The number of hydrogen-bond donors (Lipinski definition) is 2. The van der Waals surface area contributed by atoms with Gasteiger partial charge < -0.3 is 9.84 Å². The number of hydrogen-bond acceptors (Lipinski definition) is 6. The fraction of sp³-hybridized carbons (Fsp3) is 0.250. The average molecular weight is 389 g/mol. The van der Waals surface area contributed by atoms with E-state index in [4.69, 9.17) is 4.52 Å². The number of carbonyl (C=O) groups excluding carboxylic acids is 1. The van der Waals surface area contributed by atoms with Crippen molar-refractivity contribution < 1.29 is 17.7 Å². The monoisotopic (exact) mass is 388 g/mol. The van der Waals surface area contributed by atoms with Crippen molar-refractivity contribution in [2.24, 2.45) is 0 Å². The second-order valence-corrected chi connectivity index (χ2v) is 6.91. The minimum atomic E-state index is -3.86. The van der Waals surface area contributed by atoms with Gasteiger partial charge in [0.1, 0.15) is 15.2 Å². The summed E-state index contributed by atoms with van der Waals surface area (Å²) >= 11 is 3.17. The normalized spacial score (nSPS) is 11.4. The van der Waals surface area contributed by atoms with Crippen molar-refractivity contribution in [3.63, 3.8) is 0 Å². The second-order valence-electron chi connectivity index (χ2n) is 4.40. The van der Waals surface area contributed by atoms with Crippen molar-refractivity contribution in [1.29, 1.82) is 0 Å². The summed E-state index contributed by atoms with van der Waals surface area (Å²) in [4.78, 5) is 15.7. The van der Waals surface area contributed by atoms with Crippen molar-refractivity contribution in [1.82, 2.24) is 14.9 Å². The van der Waals surface area contributed by atoms with Crippen LogP contribution in [0.15, 0.2) is 32.4 Å². The van der Waals surface area contributed by atoms with Gasteiger partial charge in [0.25, 0.3) is 0 Å². The summed E-state index contributed by atoms with van der Waals surface area (Å²) in [5, 5.41) is 6.11. The SMILES string of the molecule is Cc1noc(C)c1S(=O)(=O)NCC(=O)Nc1ccc(Br)nc1. The number of pyridine rings is 1. The first-order valence-electron chi connectivity index (χ1n) is 6.13. The average Bonchev–Trinajstić information content (AvgIpc) is 2.79. The molecule has 0 aliphatic carbocycles. The highest BCUT2D eigenvalue weighted by Gasteiger charge is 2.24. The van der Waals surface area contributed by atoms with Gasteiger partial charge in [-0.05, 0) is 41.9 Å². The number of aromatic nitrogens is 2. The number of halogens is 1. The molecule has 0 saturated heterocycles.